The Labute approximate surface area is 695 Å². The molecule has 31 nitrogen and oxygen atoms in total. The molecule has 0 atom stereocenters. The number of rotatable bonds is 5. The summed E-state index contributed by atoms with van der Waals surface area (Å²) in [5.41, 5.74) is 14.3. The molecule has 8 aromatic heterocycles. The van der Waals surface area contributed by atoms with Crippen LogP contribution in [-0.2, 0) is 78.1 Å². The van der Waals surface area contributed by atoms with Crippen LogP contribution in [0.4, 0.5) is 0 Å². The fourth-order valence-corrected chi connectivity index (χ4v) is 9.57. The standard InChI is InChI=1S/C9H17N3.C9H15N.C8H15N3O.2C8H14N2.C7H13N3O.4C7H13N3.C6H10ClN3/c1-5-6-12-7-8(10-11-12)9(2,3)4;1-7-5-6-10-8(7)9(2,3)4;1-5-12-11-6-7(9-10-11)8(2,3)4;1-6-9-5-7(10-6)8(2,3)4;1-6-5-9-7(10-6)8(2,3)4;1-7(2,3)6-5-10(11-4)9-8-6;2*1-7(2,3)6-5-10(4)9-8-6;1-7(2,3)6-5-8-9-10(6)4;1-7(2,3)6-5-8-10(4)9-6;1-6(2,3)4-5(7)9-10-8-4/h7H,5-6H2,1-4H3;6H,5H2,1-4H3;6H,5H2,1-4H3;2*5H2,1-4H3;5H,1-4H3;4*5H,1-4H3;1-3H3,(H,8,9,10). The first-order valence-corrected chi connectivity index (χ1v) is 39.9. The van der Waals surface area contributed by atoms with E-state index in [0.717, 1.165) is 95.4 Å². The Morgan fingerprint density at radius 3 is 1.15 bits per heavy atom. The molecular formula is C83H150ClN29O2. The molecule has 11 heterocycles. The molecule has 0 bridgehead atoms. The van der Waals surface area contributed by atoms with Crippen LogP contribution in [-0.4, -0.2) is 177 Å². The van der Waals surface area contributed by atoms with E-state index < -0.39 is 0 Å². The maximum absolute atomic E-state index is 5.72. The van der Waals surface area contributed by atoms with E-state index in [1.165, 1.54) is 26.7 Å². The summed E-state index contributed by atoms with van der Waals surface area (Å²) in [5.74, 6) is 1.91. The zero-order chi connectivity index (χ0) is 89.1. The van der Waals surface area contributed by atoms with E-state index in [9.17, 15) is 0 Å². The van der Waals surface area contributed by atoms with Gasteiger partial charge in [0.05, 0.1) is 77.7 Å². The summed E-state index contributed by atoms with van der Waals surface area (Å²) in [6.45, 7) is 83.4. The minimum atomic E-state index is -0.0237. The van der Waals surface area contributed by atoms with Gasteiger partial charge in [-0.25, -0.2) is 9.98 Å². The molecule has 0 aromatic carbocycles. The lowest BCUT2D eigenvalue weighted by Gasteiger charge is -2.18. The topological polar surface area (TPSA) is 337 Å². The summed E-state index contributed by atoms with van der Waals surface area (Å²) in [5, 5.41) is 65.8. The molecular weight excluding hydrogens is 1470 g/mol. The van der Waals surface area contributed by atoms with Crippen molar-refractivity contribution in [3.05, 3.63) is 105 Å². The Balaban J connectivity index is 0.000000633. The van der Waals surface area contributed by atoms with Crippen molar-refractivity contribution in [1.29, 1.82) is 0 Å². The van der Waals surface area contributed by atoms with Crippen LogP contribution in [0.2, 0.25) is 5.15 Å². The number of nitrogens with one attached hydrogen (secondary N) is 1. The van der Waals surface area contributed by atoms with E-state index in [4.69, 9.17) is 21.3 Å². The molecule has 0 aliphatic carbocycles. The Morgan fingerprint density at radius 1 is 0.461 bits per heavy atom. The predicted molar refractivity (Wildman–Crippen MR) is 470 cm³/mol. The molecule has 11 rings (SSSR count). The van der Waals surface area contributed by atoms with Gasteiger partial charge in [0.25, 0.3) is 0 Å². The van der Waals surface area contributed by atoms with E-state index in [0.29, 0.717) is 11.8 Å². The molecule has 115 heavy (non-hydrogen) atoms. The maximum atomic E-state index is 5.72. The van der Waals surface area contributed by atoms with E-state index in [1.807, 2.05) is 105 Å². The van der Waals surface area contributed by atoms with Crippen molar-refractivity contribution in [3.8, 4) is 0 Å². The van der Waals surface area contributed by atoms with Crippen LogP contribution >= 0.6 is 11.6 Å². The van der Waals surface area contributed by atoms with Gasteiger partial charge in [-0.05, 0) is 50.1 Å². The van der Waals surface area contributed by atoms with Crippen LogP contribution in [0.15, 0.2) is 79.6 Å². The summed E-state index contributed by atoms with van der Waals surface area (Å²) in [4.78, 5) is 35.8. The van der Waals surface area contributed by atoms with Gasteiger partial charge in [0.1, 0.15) is 31.1 Å². The van der Waals surface area contributed by atoms with Crippen molar-refractivity contribution in [2.45, 2.75) is 326 Å². The van der Waals surface area contributed by atoms with Gasteiger partial charge in [-0.3, -0.25) is 33.7 Å². The first kappa shape index (κ1) is 104. The second-order valence-corrected chi connectivity index (χ2v) is 40.1. The highest BCUT2D eigenvalue weighted by Crippen LogP contribution is 2.33. The molecule has 0 fully saturated rings. The fraction of sp³-hybridized carbons (Fsp3) is 0.723. The quantitative estimate of drug-likeness (QED) is 0.167. The molecule has 0 unspecified atom stereocenters. The van der Waals surface area contributed by atoms with Crippen LogP contribution < -0.4 is 9.68 Å². The molecule has 0 saturated carbocycles. The third kappa shape index (κ3) is 40.0. The van der Waals surface area contributed by atoms with Gasteiger partial charge in [0, 0.05) is 143 Å². The normalized spacial score (nSPS) is 13.7. The lowest BCUT2D eigenvalue weighted by Crippen LogP contribution is -2.21. The minimum Gasteiger partial charge on any atom is -0.399 e. The number of amidine groups is 2. The minimum absolute atomic E-state index is 0.0237. The number of aromatic amines is 1. The molecule has 32 heteroatoms. The van der Waals surface area contributed by atoms with Crippen molar-refractivity contribution in [2.75, 3.05) is 26.8 Å². The number of nitrogens with zero attached hydrogens (tertiary/aromatic N) is 28. The van der Waals surface area contributed by atoms with Crippen LogP contribution in [0.1, 0.15) is 321 Å². The van der Waals surface area contributed by atoms with Crippen LogP contribution in [0, 0.1) is 16.2 Å². The van der Waals surface area contributed by atoms with Crippen molar-refractivity contribution in [1.82, 2.24) is 121 Å². The third-order valence-corrected chi connectivity index (χ3v) is 16.5. The first-order chi connectivity index (χ1) is 52.2. The zero-order valence-corrected chi connectivity index (χ0v) is 79.8. The maximum Gasteiger partial charge on any atom is 0.174 e. The van der Waals surface area contributed by atoms with E-state index in [1.54, 1.807) is 44.5 Å². The second-order valence-electron chi connectivity index (χ2n) is 39.8. The highest BCUT2D eigenvalue weighted by atomic mass is 35.5. The summed E-state index contributed by atoms with van der Waals surface area (Å²) in [7, 11) is 9.05. The monoisotopic (exact) mass is 1620 g/mol. The number of aromatic nitrogens is 24. The number of halogens is 1. The Kier molecular flexibility index (Phi) is 39.7. The lowest BCUT2D eigenvalue weighted by molar-refractivity contribution is 0.0883. The Bertz CT molecular complexity index is 4100. The van der Waals surface area contributed by atoms with Gasteiger partial charge >= 0.3 is 0 Å². The molecule has 646 valence electrons. The average molecular weight is 1620 g/mol. The number of H-pyrrole nitrogens is 1. The molecule has 0 saturated heterocycles. The van der Waals surface area contributed by atoms with Gasteiger partial charge < -0.3 is 9.68 Å². The van der Waals surface area contributed by atoms with Crippen molar-refractivity contribution >= 4 is 40.9 Å². The zero-order valence-electron chi connectivity index (χ0n) is 79.1. The third-order valence-electron chi connectivity index (χ3n) is 16.3. The average Bonchev–Trinajstić information content (AvgIpc) is 1.69. The van der Waals surface area contributed by atoms with Gasteiger partial charge in [-0.1, -0.05) is 278 Å². The van der Waals surface area contributed by atoms with Crippen molar-refractivity contribution in [3.63, 3.8) is 0 Å². The van der Waals surface area contributed by atoms with Gasteiger partial charge in [-0.15, -0.1) is 35.7 Å². The van der Waals surface area contributed by atoms with Crippen LogP contribution in [0.3, 0.4) is 0 Å². The van der Waals surface area contributed by atoms with Crippen molar-refractivity contribution < 1.29 is 9.68 Å². The number of hydrogen-bond donors (Lipinski definition) is 1. The highest BCUT2D eigenvalue weighted by molar-refractivity contribution is 6.30. The van der Waals surface area contributed by atoms with E-state index in [2.05, 4.69) is 334 Å². The summed E-state index contributed by atoms with van der Waals surface area (Å²) in [6.07, 6.45) is 17.3. The largest absolute Gasteiger partial charge is 0.399 e. The molecule has 3 aliphatic heterocycles. The molecule has 0 amide bonds. The smallest absolute Gasteiger partial charge is 0.174 e. The Morgan fingerprint density at radius 2 is 0.922 bits per heavy atom. The summed E-state index contributed by atoms with van der Waals surface area (Å²) in [6, 6.07) is 0. The second kappa shape index (κ2) is 43.9. The Hall–Kier alpha value is -8.90. The van der Waals surface area contributed by atoms with Gasteiger partial charge in [0.15, 0.2) is 5.15 Å². The number of hydrogen-bond acceptors (Lipinski definition) is 23. The fourth-order valence-electron chi connectivity index (χ4n) is 9.21. The number of aliphatic imine (C=N–C) groups is 5. The SMILES string of the molecule is CC(C)(C)c1n[nH]nc1Cl.CC1=C(C(C)(C)C)N=CC1.CC1=NC(C(C)(C)C)=NC1.CC1=NCC(C(C)(C)C)=N1.CCCn1cc(C(C)(C)C)nn1.CCOn1cc(C(C)(C)C)nn1.COn1cc(C(C)(C)C)nn1.Cn1cc(C(C)(C)C)nn1.Cn1cc(C(C)(C)C)nn1.Cn1ncc(C(C)(C)C)n1.Cn1nncc1C(C)(C)C. The van der Waals surface area contributed by atoms with Crippen LogP contribution in [0.5, 0.6) is 0 Å². The predicted octanol–water partition coefficient (Wildman–Crippen LogP) is 16.4. The number of allylic oxidation sites excluding steroid dienone is 2. The van der Waals surface area contributed by atoms with Gasteiger partial charge in [-0.2, -0.15) is 25.3 Å². The molecule has 8 aromatic rings. The molecule has 3 aliphatic rings. The van der Waals surface area contributed by atoms with Crippen LogP contribution in [0.25, 0.3) is 0 Å². The summed E-state index contributed by atoms with van der Waals surface area (Å²) >= 11 is 5.72. The first-order valence-electron chi connectivity index (χ1n) is 39.5. The van der Waals surface area contributed by atoms with Crippen molar-refractivity contribution in [2.24, 2.45) is 69.4 Å². The highest BCUT2D eigenvalue weighted by Gasteiger charge is 2.27. The van der Waals surface area contributed by atoms with E-state index >= 15 is 0 Å². The van der Waals surface area contributed by atoms with Gasteiger partial charge in [0.2, 0.25) is 0 Å². The lowest BCUT2D eigenvalue weighted by atomic mass is 9.90. The molecule has 1 N–H and O–H groups in total. The summed E-state index contributed by atoms with van der Waals surface area (Å²) < 4.78 is 7.15. The van der Waals surface area contributed by atoms with E-state index in [-0.39, 0.29) is 59.6 Å². The number of aryl methyl sites for hydroxylation is 5. The molecule has 0 spiro atoms. The molecule has 0 radical (unpaired) electrons.